The number of amides is 2. The minimum Gasteiger partial charge on any atom is -0.354 e. The standard InChI is InChI=1S/C32H34BrClN7O4/c33-25-17-24-3-2-23-18-26(34)4-5-27(23)31(30(24)41(45)19-25)38-14-15-40(29(42)16-22-6-11-39(44)12-7-22)28(20-38)32(43)36-8-1-10-37-13-9-35-21-37/h4-7,9,11-13,17-19,21,28,31H,1-3,8,10,14-16,20H2,(H2-,36,43,44,45)/q+1/p+1. The number of aryl methyl sites for hydroxylation is 3. The first kappa shape index (κ1) is 31.0. The highest BCUT2D eigenvalue weighted by Crippen LogP contribution is 2.38. The van der Waals surface area contributed by atoms with Gasteiger partial charge in [0.05, 0.1) is 17.2 Å². The largest absolute Gasteiger partial charge is 0.354 e. The van der Waals surface area contributed by atoms with Gasteiger partial charge in [-0.25, -0.2) is 4.98 Å². The van der Waals surface area contributed by atoms with Crippen molar-refractivity contribution in [2.45, 2.75) is 44.3 Å². The number of halogens is 2. The molecule has 2 unspecified atom stereocenters. The van der Waals surface area contributed by atoms with Crippen molar-refractivity contribution in [1.29, 1.82) is 0 Å². The second-order valence-corrected chi connectivity index (χ2v) is 12.8. The van der Waals surface area contributed by atoms with Gasteiger partial charge in [0.15, 0.2) is 0 Å². The Morgan fingerprint density at radius 2 is 1.89 bits per heavy atom. The summed E-state index contributed by atoms with van der Waals surface area (Å²) in [5.74, 6) is -0.392. The van der Waals surface area contributed by atoms with E-state index in [9.17, 15) is 20.0 Å². The van der Waals surface area contributed by atoms with Gasteiger partial charge in [-0.1, -0.05) is 17.7 Å². The molecular weight excluding hydrogens is 662 g/mol. The molecule has 4 heterocycles. The van der Waals surface area contributed by atoms with E-state index in [2.05, 4.69) is 31.1 Å². The number of benzene rings is 1. The van der Waals surface area contributed by atoms with Gasteiger partial charge in [0.2, 0.25) is 30.4 Å². The molecule has 0 radical (unpaired) electrons. The van der Waals surface area contributed by atoms with Gasteiger partial charge in [0.25, 0.3) is 5.69 Å². The van der Waals surface area contributed by atoms with Crippen LogP contribution in [0.4, 0.5) is 0 Å². The molecule has 2 atom stereocenters. The number of hydrogen-bond donors (Lipinski definition) is 3. The minimum atomic E-state index is -0.754. The summed E-state index contributed by atoms with van der Waals surface area (Å²) < 4.78 is 4.83. The lowest BCUT2D eigenvalue weighted by molar-refractivity contribution is -0.911. The van der Waals surface area contributed by atoms with E-state index in [1.165, 1.54) is 17.1 Å². The number of imidazole rings is 1. The molecule has 4 aromatic rings. The van der Waals surface area contributed by atoms with Gasteiger partial charge in [-0.3, -0.25) is 24.9 Å². The second-order valence-electron chi connectivity index (χ2n) is 11.5. The first-order valence-corrected chi connectivity index (χ1v) is 16.1. The van der Waals surface area contributed by atoms with Crippen molar-refractivity contribution in [3.63, 3.8) is 0 Å². The van der Waals surface area contributed by atoms with E-state index in [4.69, 9.17) is 11.6 Å². The van der Waals surface area contributed by atoms with Crippen LogP contribution in [0.3, 0.4) is 0 Å². The number of carbonyl (C=O) groups excluding carboxylic acids is 2. The third-order valence-corrected chi connectivity index (χ3v) is 9.21. The van der Waals surface area contributed by atoms with Crippen LogP contribution in [0, 0.1) is 0 Å². The molecule has 234 valence electrons. The summed E-state index contributed by atoms with van der Waals surface area (Å²) in [6, 6.07) is 10.1. The maximum atomic E-state index is 13.8. The third-order valence-electron chi connectivity index (χ3n) is 8.55. The maximum absolute atomic E-state index is 13.8. The molecule has 6 rings (SSSR count). The van der Waals surface area contributed by atoms with Gasteiger partial charge in [0.1, 0.15) is 12.1 Å². The normalized spacial score (nSPS) is 18.1. The molecule has 11 nitrogen and oxygen atoms in total. The SMILES string of the molecule is O=C(NCCCn1ccnc1)C1CN(C2c3ccc(Cl)cc3CCc3cc(Br)c[n+](O)c32)CCN1C(=O)Cc1cc[n+](O)cc1. The summed E-state index contributed by atoms with van der Waals surface area (Å²) in [7, 11) is 0. The predicted molar refractivity (Wildman–Crippen MR) is 167 cm³/mol. The summed E-state index contributed by atoms with van der Waals surface area (Å²) in [4.78, 5) is 35.5. The van der Waals surface area contributed by atoms with Crippen molar-refractivity contribution in [1.82, 2.24) is 24.7 Å². The van der Waals surface area contributed by atoms with Crippen LogP contribution in [0.5, 0.6) is 0 Å². The highest BCUT2D eigenvalue weighted by Gasteiger charge is 2.43. The number of rotatable bonds is 8. The average Bonchev–Trinajstić information content (AvgIpc) is 3.49. The van der Waals surface area contributed by atoms with Crippen molar-refractivity contribution < 1.29 is 29.5 Å². The van der Waals surface area contributed by atoms with Crippen LogP contribution < -0.4 is 14.8 Å². The number of hydrogen-bond acceptors (Lipinski definition) is 6. The van der Waals surface area contributed by atoms with E-state index in [1.807, 2.05) is 35.0 Å². The van der Waals surface area contributed by atoms with Crippen molar-refractivity contribution in [3.8, 4) is 0 Å². The lowest BCUT2D eigenvalue weighted by Gasteiger charge is -2.43. The van der Waals surface area contributed by atoms with E-state index in [0.29, 0.717) is 44.0 Å². The zero-order chi connectivity index (χ0) is 31.5. The number of nitrogens with one attached hydrogen (secondary N) is 1. The molecule has 1 saturated heterocycles. The molecule has 0 saturated carbocycles. The highest BCUT2D eigenvalue weighted by atomic mass is 79.9. The van der Waals surface area contributed by atoms with Crippen LogP contribution in [0.15, 0.2) is 78.2 Å². The van der Waals surface area contributed by atoms with E-state index >= 15 is 0 Å². The Hall–Kier alpha value is -4.00. The summed E-state index contributed by atoms with van der Waals surface area (Å²) >= 11 is 9.95. The van der Waals surface area contributed by atoms with Crippen LogP contribution >= 0.6 is 27.5 Å². The van der Waals surface area contributed by atoms with Crippen LogP contribution in [0.25, 0.3) is 0 Å². The smallest absolute Gasteiger partial charge is 0.258 e. The molecule has 1 aliphatic heterocycles. The van der Waals surface area contributed by atoms with Crippen molar-refractivity contribution in [2.75, 3.05) is 26.2 Å². The Morgan fingerprint density at radius 3 is 2.67 bits per heavy atom. The lowest BCUT2D eigenvalue weighted by Crippen LogP contribution is -2.62. The van der Waals surface area contributed by atoms with Gasteiger partial charge in [-0.05, 0) is 70.1 Å². The topological polar surface area (TPSA) is 119 Å². The summed E-state index contributed by atoms with van der Waals surface area (Å²) in [5.41, 5.74) is 4.57. The third kappa shape index (κ3) is 6.98. The molecule has 3 N–H and O–H groups in total. The minimum absolute atomic E-state index is 0.101. The van der Waals surface area contributed by atoms with E-state index in [-0.39, 0.29) is 30.8 Å². The molecule has 45 heavy (non-hydrogen) atoms. The van der Waals surface area contributed by atoms with Crippen LogP contribution in [0.2, 0.25) is 5.02 Å². The lowest BCUT2D eigenvalue weighted by atomic mass is 9.95. The summed E-state index contributed by atoms with van der Waals surface area (Å²) in [5, 5.41) is 24.5. The molecule has 0 spiro atoms. The van der Waals surface area contributed by atoms with Crippen LogP contribution in [-0.4, -0.2) is 73.8 Å². The van der Waals surface area contributed by atoms with E-state index in [1.54, 1.807) is 35.8 Å². The van der Waals surface area contributed by atoms with Crippen molar-refractivity contribution >= 4 is 39.3 Å². The first-order chi connectivity index (χ1) is 21.8. The molecule has 0 bridgehead atoms. The predicted octanol–water partition coefficient (Wildman–Crippen LogP) is 2.50. The van der Waals surface area contributed by atoms with Crippen molar-refractivity contribution in [2.24, 2.45) is 0 Å². The van der Waals surface area contributed by atoms with Gasteiger partial charge in [-0.2, -0.15) is 0 Å². The Balaban J connectivity index is 1.29. The van der Waals surface area contributed by atoms with Gasteiger partial charge in [0, 0.05) is 77.3 Å². The van der Waals surface area contributed by atoms with E-state index < -0.39 is 6.04 Å². The first-order valence-electron chi connectivity index (χ1n) is 14.9. The average molecular weight is 697 g/mol. The van der Waals surface area contributed by atoms with Gasteiger partial charge in [-0.15, -0.1) is 0 Å². The van der Waals surface area contributed by atoms with Crippen molar-refractivity contribution in [3.05, 3.63) is 111 Å². The molecule has 3 aromatic heterocycles. The maximum Gasteiger partial charge on any atom is 0.258 e. The monoisotopic (exact) mass is 695 g/mol. The Bertz CT molecular complexity index is 1690. The zero-order valence-electron chi connectivity index (χ0n) is 24.6. The zero-order valence-corrected chi connectivity index (χ0v) is 26.9. The molecule has 1 aliphatic carbocycles. The number of fused-ring (bicyclic) bond motifs is 2. The Kier molecular flexibility index (Phi) is 9.34. The highest BCUT2D eigenvalue weighted by molar-refractivity contribution is 9.10. The van der Waals surface area contributed by atoms with Gasteiger partial charge < -0.3 is 14.8 Å². The number of piperazine rings is 1. The number of aromatic nitrogens is 4. The Morgan fingerprint density at radius 1 is 1.09 bits per heavy atom. The molecular formula is C32H35BrClN7O4+2. The summed E-state index contributed by atoms with van der Waals surface area (Å²) in [6.45, 7) is 2.25. The molecule has 13 heteroatoms. The van der Waals surface area contributed by atoms with Gasteiger partial charge >= 0.3 is 0 Å². The van der Waals surface area contributed by atoms with Crippen LogP contribution in [-0.2, 0) is 35.4 Å². The molecule has 2 aliphatic rings. The molecule has 1 aromatic carbocycles. The van der Waals surface area contributed by atoms with E-state index in [0.717, 1.165) is 43.6 Å². The fourth-order valence-electron chi connectivity index (χ4n) is 6.37. The molecule has 2 amide bonds. The fraction of sp³-hybridized carbons (Fsp3) is 0.344. The van der Waals surface area contributed by atoms with Crippen LogP contribution in [0.1, 0.15) is 40.4 Å². The summed E-state index contributed by atoms with van der Waals surface area (Å²) in [6.07, 6.45) is 12.2. The Labute approximate surface area is 274 Å². The molecule has 1 fully saturated rings. The second kappa shape index (κ2) is 13.6. The number of pyridine rings is 2. The number of carbonyl (C=O) groups is 2. The fourth-order valence-corrected chi connectivity index (χ4v) is 7.04. The quantitative estimate of drug-likeness (QED) is 0.148. The number of nitrogens with zero attached hydrogens (tertiary/aromatic N) is 6.